The molecule has 1 aromatic carbocycles. The first-order chi connectivity index (χ1) is 12.2. The molecule has 3 rings (SSSR count). The number of nitrogens with one attached hydrogen (secondary N) is 2. The smallest absolute Gasteiger partial charge is 0.257 e. The quantitative estimate of drug-likeness (QED) is 0.752. The Kier molecular flexibility index (Phi) is 5.11. The third-order valence-corrected chi connectivity index (χ3v) is 3.50. The van der Waals surface area contributed by atoms with Gasteiger partial charge in [-0.1, -0.05) is 12.1 Å². The summed E-state index contributed by atoms with van der Waals surface area (Å²) in [6.45, 7) is 0.359. The lowest BCUT2D eigenvalue weighted by molar-refractivity contribution is 0.0949. The number of pyridine rings is 2. The van der Waals surface area contributed by atoms with Crippen molar-refractivity contribution in [3.05, 3.63) is 90.0 Å². The number of amides is 2. The first-order valence-corrected chi connectivity index (χ1v) is 7.71. The van der Waals surface area contributed by atoms with Gasteiger partial charge < -0.3 is 10.6 Å². The maximum Gasteiger partial charge on any atom is 0.257 e. The van der Waals surface area contributed by atoms with Crippen molar-refractivity contribution in [2.45, 2.75) is 6.54 Å². The molecule has 6 heteroatoms. The van der Waals surface area contributed by atoms with Crippen LogP contribution in [-0.4, -0.2) is 21.8 Å². The van der Waals surface area contributed by atoms with Crippen LogP contribution in [0.15, 0.2) is 73.3 Å². The average molecular weight is 332 g/mol. The molecular formula is C19H16N4O2. The number of anilines is 1. The Morgan fingerprint density at radius 3 is 2.44 bits per heavy atom. The Hall–Kier alpha value is -3.54. The van der Waals surface area contributed by atoms with Crippen molar-refractivity contribution in [2.24, 2.45) is 0 Å². The zero-order valence-electron chi connectivity index (χ0n) is 13.3. The Bertz CT molecular complexity index is 867. The molecule has 2 N–H and O–H groups in total. The largest absolute Gasteiger partial charge is 0.348 e. The molecule has 124 valence electrons. The first kappa shape index (κ1) is 16.3. The molecular weight excluding hydrogens is 316 g/mol. The maximum absolute atomic E-state index is 12.1. The van der Waals surface area contributed by atoms with E-state index in [0.717, 1.165) is 5.56 Å². The molecule has 2 amide bonds. The molecule has 0 atom stereocenters. The van der Waals surface area contributed by atoms with E-state index in [1.165, 1.54) is 6.20 Å². The monoisotopic (exact) mass is 332 g/mol. The molecule has 3 aromatic rings. The molecule has 0 fully saturated rings. The summed E-state index contributed by atoms with van der Waals surface area (Å²) in [7, 11) is 0. The molecule has 0 aliphatic rings. The van der Waals surface area contributed by atoms with Crippen LogP contribution in [-0.2, 0) is 6.54 Å². The van der Waals surface area contributed by atoms with Crippen molar-refractivity contribution < 1.29 is 9.59 Å². The predicted octanol–water partition coefficient (Wildman–Crippen LogP) is 2.66. The molecule has 0 aliphatic carbocycles. The fraction of sp³-hybridized carbons (Fsp3) is 0.0526. The van der Waals surface area contributed by atoms with Crippen LogP contribution in [0.5, 0.6) is 0 Å². The molecule has 0 radical (unpaired) electrons. The number of nitrogens with zero attached hydrogens (tertiary/aromatic N) is 2. The van der Waals surface area contributed by atoms with Crippen molar-refractivity contribution in [1.29, 1.82) is 0 Å². The van der Waals surface area contributed by atoms with Gasteiger partial charge in [0.2, 0.25) is 0 Å². The van der Waals surface area contributed by atoms with Gasteiger partial charge in [0.05, 0.1) is 5.56 Å². The molecule has 0 spiro atoms. The highest BCUT2D eigenvalue weighted by Crippen LogP contribution is 2.12. The summed E-state index contributed by atoms with van der Waals surface area (Å²) in [6.07, 6.45) is 6.27. The van der Waals surface area contributed by atoms with Gasteiger partial charge in [-0.2, -0.15) is 0 Å². The van der Waals surface area contributed by atoms with Gasteiger partial charge in [0.1, 0.15) is 0 Å². The van der Waals surface area contributed by atoms with Crippen LogP contribution in [0.25, 0.3) is 0 Å². The summed E-state index contributed by atoms with van der Waals surface area (Å²) in [5.41, 5.74) is 2.57. The second-order valence-corrected chi connectivity index (χ2v) is 5.31. The van der Waals surface area contributed by atoms with E-state index < -0.39 is 0 Å². The molecule has 2 heterocycles. The Morgan fingerprint density at radius 2 is 1.68 bits per heavy atom. The van der Waals surface area contributed by atoms with E-state index in [1.54, 1.807) is 48.9 Å². The van der Waals surface area contributed by atoms with Crippen LogP contribution < -0.4 is 10.6 Å². The zero-order chi connectivity index (χ0) is 17.5. The summed E-state index contributed by atoms with van der Waals surface area (Å²) in [5.74, 6) is -0.404. The summed E-state index contributed by atoms with van der Waals surface area (Å²) < 4.78 is 0. The van der Waals surface area contributed by atoms with Crippen molar-refractivity contribution in [3.63, 3.8) is 0 Å². The average Bonchev–Trinajstić information content (AvgIpc) is 2.68. The van der Waals surface area contributed by atoms with Crippen molar-refractivity contribution in [2.75, 3.05) is 5.32 Å². The number of aromatic nitrogens is 2. The number of carbonyl (C=O) groups is 2. The molecule has 6 nitrogen and oxygen atoms in total. The van der Waals surface area contributed by atoms with E-state index in [0.29, 0.717) is 23.4 Å². The number of benzene rings is 1. The Balaban J connectivity index is 1.62. The van der Waals surface area contributed by atoms with E-state index in [4.69, 9.17) is 0 Å². The fourth-order valence-corrected chi connectivity index (χ4v) is 2.25. The molecule has 0 saturated heterocycles. The van der Waals surface area contributed by atoms with E-state index in [2.05, 4.69) is 20.6 Å². The van der Waals surface area contributed by atoms with Crippen molar-refractivity contribution in [1.82, 2.24) is 15.3 Å². The van der Waals surface area contributed by atoms with Gasteiger partial charge in [-0.3, -0.25) is 19.6 Å². The van der Waals surface area contributed by atoms with Crippen LogP contribution in [0.1, 0.15) is 26.3 Å². The predicted molar refractivity (Wildman–Crippen MR) is 94.0 cm³/mol. The van der Waals surface area contributed by atoms with Gasteiger partial charge in [-0.25, -0.2) is 0 Å². The van der Waals surface area contributed by atoms with Gasteiger partial charge in [0.25, 0.3) is 11.8 Å². The normalized spacial score (nSPS) is 10.1. The van der Waals surface area contributed by atoms with Crippen LogP contribution in [0.3, 0.4) is 0 Å². The molecule has 0 aliphatic heterocycles. The van der Waals surface area contributed by atoms with Gasteiger partial charge in [-0.15, -0.1) is 0 Å². The lowest BCUT2D eigenvalue weighted by Crippen LogP contribution is -2.22. The van der Waals surface area contributed by atoms with Crippen LogP contribution in [0.2, 0.25) is 0 Å². The second kappa shape index (κ2) is 7.83. The lowest BCUT2D eigenvalue weighted by Gasteiger charge is -2.09. The molecule has 2 aromatic heterocycles. The van der Waals surface area contributed by atoms with E-state index >= 15 is 0 Å². The van der Waals surface area contributed by atoms with Crippen LogP contribution in [0, 0.1) is 0 Å². The topological polar surface area (TPSA) is 84.0 Å². The molecule has 0 saturated carbocycles. The number of carbonyl (C=O) groups excluding carboxylic acids is 2. The summed E-state index contributed by atoms with van der Waals surface area (Å²) in [6, 6.07) is 14.0. The Labute approximate surface area is 145 Å². The minimum Gasteiger partial charge on any atom is -0.348 e. The van der Waals surface area contributed by atoms with E-state index in [-0.39, 0.29) is 11.8 Å². The number of rotatable bonds is 5. The number of hydrogen-bond acceptors (Lipinski definition) is 4. The van der Waals surface area contributed by atoms with Crippen LogP contribution in [0.4, 0.5) is 5.69 Å². The van der Waals surface area contributed by atoms with Crippen molar-refractivity contribution >= 4 is 17.5 Å². The van der Waals surface area contributed by atoms with Gasteiger partial charge in [0.15, 0.2) is 0 Å². The zero-order valence-corrected chi connectivity index (χ0v) is 13.3. The fourth-order valence-electron chi connectivity index (χ4n) is 2.25. The third-order valence-electron chi connectivity index (χ3n) is 3.50. The minimum atomic E-state index is -0.230. The molecule has 25 heavy (non-hydrogen) atoms. The Morgan fingerprint density at radius 1 is 0.840 bits per heavy atom. The SMILES string of the molecule is O=C(NCc1cccc(NC(=O)c2cccnc2)c1)c1ccncc1. The highest BCUT2D eigenvalue weighted by molar-refractivity contribution is 6.04. The van der Waals surface area contributed by atoms with Gasteiger partial charge in [-0.05, 0) is 42.0 Å². The third kappa shape index (κ3) is 4.48. The highest BCUT2D eigenvalue weighted by Gasteiger charge is 2.07. The lowest BCUT2D eigenvalue weighted by atomic mass is 10.1. The first-order valence-electron chi connectivity index (χ1n) is 7.71. The summed E-state index contributed by atoms with van der Waals surface area (Å²) in [5, 5.41) is 5.66. The van der Waals surface area contributed by atoms with Crippen LogP contribution >= 0.6 is 0 Å². The van der Waals surface area contributed by atoms with Crippen molar-refractivity contribution in [3.8, 4) is 0 Å². The number of hydrogen-bond donors (Lipinski definition) is 2. The van der Waals surface area contributed by atoms with Gasteiger partial charge >= 0.3 is 0 Å². The second-order valence-electron chi connectivity index (χ2n) is 5.31. The van der Waals surface area contributed by atoms with E-state index in [1.807, 2.05) is 18.2 Å². The highest BCUT2D eigenvalue weighted by atomic mass is 16.2. The summed E-state index contributed by atoms with van der Waals surface area (Å²) >= 11 is 0. The molecule has 0 unspecified atom stereocenters. The van der Waals surface area contributed by atoms with E-state index in [9.17, 15) is 9.59 Å². The molecule has 0 bridgehead atoms. The standard InChI is InChI=1S/C19H16N4O2/c24-18(15-6-9-20-10-7-15)22-12-14-3-1-5-17(11-14)23-19(25)16-4-2-8-21-13-16/h1-11,13H,12H2,(H,22,24)(H,23,25). The minimum absolute atomic E-state index is 0.174. The summed E-state index contributed by atoms with van der Waals surface area (Å²) in [4.78, 5) is 32.0. The maximum atomic E-state index is 12.1. The van der Waals surface area contributed by atoms with Gasteiger partial charge in [0, 0.05) is 42.6 Å².